The number of rotatable bonds is 6. The predicted molar refractivity (Wildman–Crippen MR) is 64.2 cm³/mol. The first-order chi connectivity index (χ1) is 7.38. The second kappa shape index (κ2) is 5.83. The van der Waals surface area contributed by atoms with Gasteiger partial charge in [-0.05, 0) is 25.8 Å². The zero-order valence-corrected chi connectivity index (χ0v) is 10.0. The highest BCUT2D eigenvalue weighted by atomic mass is 15.3. The Morgan fingerprint density at radius 2 is 1.60 bits per heavy atom. The minimum atomic E-state index is 0.867. The number of hydrogen-bond acceptors (Lipinski definition) is 3. The number of nitrogens with one attached hydrogen (secondary N) is 1. The van der Waals surface area contributed by atoms with Gasteiger partial charge in [-0.1, -0.05) is 6.92 Å². The minimum absolute atomic E-state index is 0.867. The van der Waals surface area contributed by atoms with Gasteiger partial charge in [0.25, 0.3) is 0 Å². The average molecular weight is 211 g/mol. The van der Waals surface area contributed by atoms with Crippen LogP contribution < -0.4 is 5.32 Å². The highest BCUT2D eigenvalue weighted by Gasteiger charge is 2.21. The first-order valence-corrected chi connectivity index (χ1v) is 6.56. The van der Waals surface area contributed by atoms with E-state index in [9.17, 15) is 0 Å². The van der Waals surface area contributed by atoms with E-state index in [1.807, 2.05) is 0 Å². The van der Waals surface area contributed by atoms with E-state index in [4.69, 9.17) is 0 Å². The van der Waals surface area contributed by atoms with Crippen LogP contribution in [-0.2, 0) is 0 Å². The first kappa shape index (κ1) is 11.4. The SMILES string of the molecule is CCCN1CCN(CCNC2CC2)CC1. The molecule has 0 unspecified atom stereocenters. The van der Waals surface area contributed by atoms with Crippen molar-refractivity contribution in [3.63, 3.8) is 0 Å². The molecule has 1 saturated carbocycles. The predicted octanol–water partition coefficient (Wildman–Crippen LogP) is 0.766. The Bertz CT molecular complexity index is 172. The third-order valence-electron chi connectivity index (χ3n) is 3.44. The van der Waals surface area contributed by atoms with Crippen LogP contribution in [0.1, 0.15) is 26.2 Å². The van der Waals surface area contributed by atoms with Crippen molar-refractivity contribution in [3.05, 3.63) is 0 Å². The molecule has 1 saturated heterocycles. The van der Waals surface area contributed by atoms with Crippen molar-refractivity contribution in [3.8, 4) is 0 Å². The van der Waals surface area contributed by atoms with Crippen LogP contribution in [0.25, 0.3) is 0 Å². The lowest BCUT2D eigenvalue weighted by Crippen LogP contribution is -2.48. The molecule has 0 atom stereocenters. The van der Waals surface area contributed by atoms with E-state index < -0.39 is 0 Å². The van der Waals surface area contributed by atoms with E-state index >= 15 is 0 Å². The molecule has 3 heteroatoms. The summed E-state index contributed by atoms with van der Waals surface area (Å²) >= 11 is 0. The molecule has 2 rings (SSSR count). The van der Waals surface area contributed by atoms with Gasteiger partial charge < -0.3 is 10.2 Å². The normalized spacial score (nSPS) is 24.6. The largest absolute Gasteiger partial charge is 0.313 e. The van der Waals surface area contributed by atoms with Gasteiger partial charge in [-0.3, -0.25) is 4.90 Å². The Morgan fingerprint density at radius 3 is 2.13 bits per heavy atom. The second-order valence-electron chi connectivity index (χ2n) is 4.91. The van der Waals surface area contributed by atoms with Gasteiger partial charge in [0.2, 0.25) is 0 Å². The topological polar surface area (TPSA) is 18.5 Å². The first-order valence-electron chi connectivity index (χ1n) is 6.56. The smallest absolute Gasteiger partial charge is 0.0110 e. The molecule has 0 bridgehead atoms. The molecular weight excluding hydrogens is 186 g/mol. The van der Waals surface area contributed by atoms with Gasteiger partial charge in [0, 0.05) is 45.3 Å². The van der Waals surface area contributed by atoms with Crippen molar-refractivity contribution in [1.82, 2.24) is 15.1 Å². The van der Waals surface area contributed by atoms with Crippen molar-refractivity contribution in [2.75, 3.05) is 45.8 Å². The fourth-order valence-corrected chi connectivity index (χ4v) is 2.27. The summed E-state index contributed by atoms with van der Waals surface area (Å²) < 4.78 is 0. The summed E-state index contributed by atoms with van der Waals surface area (Å²) in [6.45, 7) is 11.1. The van der Waals surface area contributed by atoms with Crippen LogP contribution in [0, 0.1) is 0 Å². The van der Waals surface area contributed by atoms with Crippen LogP contribution in [-0.4, -0.2) is 61.7 Å². The fourth-order valence-electron chi connectivity index (χ4n) is 2.27. The van der Waals surface area contributed by atoms with Crippen molar-refractivity contribution in [1.29, 1.82) is 0 Å². The maximum Gasteiger partial charge on any atom is 0.0110 e. The van der Waals surface area contributed by atoms with Crippen LogP contribution in [0.2, 0.25) is 0 Å². The molecule has 0 radical (unpaired) electrons. The van der Waals surface area contributed by atoms with Crippen molar-refractivity contribution >= 4 is 0 Å². The molecule has 0 aromatic rings. The third kappa shape index (κ3) is 4.09. The van der Waals surface area contributed by atoms with Gasteiger partial charge in [0.05, 0.1) is 0 Å². The van der Waals surface area contributed by atoms with Crippen molar-refractivity contribution < 1.29 is 0 Å². The molecule has 1 heterocycles. The fraction of sp³-hybridized carbons (Fsp3) is 1.00. The van der Waals surface area contributed by atoms with E-state index in [1.165, 1.54) is 65.1 Å². The Labute approximate surface area is 93.8 Å². The van der Waals surface area contributed by atoms with E-state index in [2.05, 4.69) is 22.0 Å². The summed E-state index contributed by atoms with van der Waals surface area (Å²) in [5, 5.41) is 3.58. The lowest BCUT2D eigenvalue weighted by Gasteiger charge is -2.34. The quantitative estimate of drug-likeness (QED) is 0.700. The standard InChI is InChI=1S/C12H25N3/c1-2-6-14-8-10-15(11-9-14)7-5-13-12-3-4-12/h12-13H,2-11H2,1H3. The van der Waals surface area contributed by atoms with Crippen LogP contribution in [0.5, 0.6) is 0 Å². The molecule has 88 valence electrons. The van der Waals surface area contributed by atoms with Gasteiger partial charge >= 0.3 is 0 Å². The lowest BCUT2D eigenvalue weighted by molar-refractivity contribution is 0.133. The molecule has 15 heavy (non-hydrogen) atoms. The Balaban J connectivity index is 1.52. The summed E-state index contributed by atoms with van der Waals surface area (Å²) in [4.78, 5) is 5.19. The maximum atomic E-state index is 3.58. The number of piperazine rings is 1. The molecule has 0 aromatic carbocycles. The van der Waals surface area contributed by atoms with Gasteiger partial charge in [0.15, 0.2) is 0 Å². The minimum Gasteiger partial charge on any atom is -0.313 e. The van der Waals surface area contributed by atoms with Crippen LogP contribution in [0.3, 0.4) is 0 Å². The number of hydrogen-bond donors (Lipinski definition) is 1. The average Bonchev–Trinajstić information content (AvgIpc) is 3.05. The van der Waals surface area contributed by atoms with E-state index in [-0.39, 0.29) is 0 Å². The zero-order valence-electron chi connectivity index (χ0n) is 10.0. The second-order valence-corrected chi connectivity index (χ2v) is 4.91. The molecule has 0 spiro atoms. The monoisotopic (exact) mass is 211 g/mol. The summed E-state index contributed by atoms with van der Waals surface area (Å²) in [5.41, 5.74) is 0. The molecule has 1 N–H and O–H groups in total. The van der Waals surface area contributed by atoms with Gasteiger partial charge in [-0.25, -0.2) is 0 Å². The van der Waals surface area contributed by atoms with E-state index in [1.54, 1.807) is 0 Å². The highest BCUT2D eigenvalue weighted by molar-refractivity contribution is 4.81. The molecule has 1 aliphatic heterocycles. The third-order valence-corrected chi connectivity index (χ3v) is 3.44. The molecule has 2 fully saturated rings. The van der Waals surface area contributed by atoms with Crippen LogP contribution in [0.15, 0.2) is 0 Å². The highest BCUT2D eigenvalue weighted by Crippen LogP contribution is 2.18. The maximum absolute atomic E-state index is 3.58. The molecule has 3 nitrogen and oxygen atoms in total. The Hall–Kier alpha value is -0.120. The Kier molecular flexibility index (Phi) is 4.42. The number of nitrogens with zero attached hydrogens (tertiary/aromatic N) is 2. The molecule has 2 aliphatic rings. The van der Waals surface area contributed by atoms with E-state index in [0.29, 0.717) is 0 Å². The summed E-state index contributed by atoms with van der Waals surface area (Å²) in [6.07, 6.45) is 4.11. The molecular formula is C12H25N3. The van der Waals surface area contributed by atoms with Gasteiger partial charge in [-0.2, -0.15) is 0 Å². The van der Waals surface area contributed by atoms with E-state index in [0.717, 1.165) is 6.04 Å². The van der Waals surface area contributed by atoms with Crippen molar-refractivity contribution in [2.24, 2.45) is 0 Å². The van der Waals surface area contributed by atoms with Crippen molar-refractivity contribution in [2.45, 2.75) is 32.2 Å². The van der Waals surface area contributed by atoms with Crippen LogP contribution >= 0.6 is 0 Å². The van der Waals surface area contributed by atoms with Crippen LogP contribution in [0.4, 0.5) is 0 Å². The summed E-state index contributed by atoms with van der Waals surface area (Å²) in [6, 6.07) is 0.867. The molecule has 0 aromatic heterocycles. The lowest BCUT2D eigenvalue weighted by atomic mass is 10.3. The van der Waals surface area contributed by atoms with Gasteiger partial charge in [0.1, 0.15) is 0 Å². The van der Waals surface area contributed by atoms with Gasteiger partial charge in [-0.15, -0.1) is 0 Å². The Morgan fingerprint density at radius 1 is 1.00 bits per heavy atom. The summed E-state index contributed by atoms with van der Waals surface area (Å²) in [7, 11) is 0. The zero-order chi connectivity index (χ0) is 10.5. The molecule has 1 aliphatic carbocycles. The summed E-state index contributed by atoms with van der Waals surface area (Å²) in [5.74, 6) is 0. The molecule has 0 amide bonds.